The van der Waals surface area contributed by atoms with Crippen LogP contribution in [0.2, 0.25) is 0 Å². The summed E-state index contributed by atoms with van der Waals surface area (Å²) in [5.41, 5.74) is 2.67. The van der Waals surface area contributed by atoms with Gasteiger partial charge in [-0.25, -0.2) is 12.8 Å². The zero-order valence-corrected chi connectivity index (χ0v) is 23.8. The van der Waals surface area contributed by atoms with Gasteiger partial charge in [0.2, 0.25) is 11.8 Å². The van der Waals surface area contributed by atoms with Crippen molar-refractivity contribution in [2.45, 2.75) is 64.6 Å². The molecule has 2 amide bonds. The van der Waals surface area contributed by atoms with Crippen molar-refractivity contribution in [1.82, 2.24) is 10.2 Å². The third-order valence-corrected chi connectivity index (χ3v) is 8.17. The van der Waals surface area contributed by atoms with Crippen LogP contribution < -0.4 is 9.62 Å². The van der Waals surface area contributed by atoms with Crippen molar-refractivity contribution in [2.24, 2.45) is 0 Å². The van der Waals surface area contributed by atoms with Crippen LogP contribution in [0.15, 0.2) is 77.7 Å². The van der Waals surface area contributed by atoms with Crippen LogP contribution in [0.3, 0.4) is 0 Å². The number of amides is 2. The molecule has 0 aromatic heterocycles. The average Bonchev–Trinajstić information content (AvgIpc) is 2.90. The molecule has 0 saturated heterocycles. The molecule has 3 rings (SSSR count). The minimum atomic E-state index is -4.14. The van der Waals surface area contributed by atoms with Crippen molar-refractivity contribution in [3.63, 3.8) is 0 Å². The Hall–Kier alpha value is -3.72. The van der Waals surface area contributed by atoms with Crippen LogP contribution in [0.25, 0.3) is 0 Å². The van der Waals surface area contributed by atoms with E-state index in [0.29, 0.717) is 17.7 Å². The van der Waals surface area contributed by atoms with Gasteiger partial charge in [0.1, 0.15) is 18.4 Å². The standard InChI is InChI=1S/C30H36FN3O4S/c1-6-25-9-7-8-10-28(25)34(39(37,38)27-17-11-22(4)12-18-27)20-29(35)33(23(5)30(36)32-21(2)3)19-24-13-15-26(31)16-14-24/h7-18,21,23H,6,19-20H2,1-5H3,(H,32,36)/t23-/m1/s1. The lowest BCUT2D eigenvalue weighted by molar-refractivity contribution is -0.139. The highest BCUT2D eigenvalue weighted by Crippen LogP contribution is 2.28. The van der Waals surface area contributed by atoms with Crippen LogP contribution >= 0.6 is 0 Å². The summed E-state index contributed by atoms with van der Waals surface area (Å²) in [5.74, 6) is -1.36. The van der Waals surface area contributed by atoms with Crippen LogP contribution in [0.4, 0.5) is 10.1 Å². The van der Waals surface area contributed by atoms with Crippen LogP contribution in [-0.2, 0) is 32.6 Å². The number of rotatable bonds is 11. The summed E-state index contributed by atoms with van der Waals surface area (Å²) in [6.45, 7) is 8.48. The Kier molecular flexibility index (Phi) is 9.86. The maximum atomic E-state index is 13.9. The first-order valence-electron chi connectivity index (χ1n) is 13.0. The van der Waals surface area contributed by atoms with Gasteiger partial charge < -0.3 is 10.2 Å². The molecule has 7 nitrogen and oxygen atoms in total. The monoisotopic (exact) mass is 553 g/mol. The Morgan fingerprint density at radius 2 is 1.54 bits per heavy atom. The zero-order chi connectivity index (χ0) is 28.7. The summed E-state index contributed by atoms with van der Waals surface area (Å²) in [4.78, 5) is 28.3. The highest BCUT2D eigenvalue weighted by Gasteiger charge is 2.33. The highest BCUT2D eigenvalue weighted by molar-refractivity contribution is 7.92. The van der Waals surface area contributed by atoms with E-state index in [1.807, 2.05) is 39.8 Å². The lowest BCUT2D eigenvalue weighted by Crippen LogP contribution is -2.52. The van der Waals surface area contributed by atoms with Crippen LogP contribution in [0, 0.1) is 12.7 Å². The van der Waals surface area contributed by atoms with E-state index in [-0.39, 0.29) is 23.4 Å². The number of aryl methyl sites for hydroxylation is 2. The molecular weight excluding hydrogens is 517 g/mol. The summed E-state index contributed by atoms with van der Waals surface area (Å²) in [6, 6.07) is 18.1. The molecule has 0 bridgehead atoms. The zero-order valence-electron chi connectivity index (χ0n) is 23.0. The average molecular weight is 554 g/mol. The molecule has 0 fully saturated rings. The smallest absolute Gasteiger partial charge is 0.264 e. The molecule has 3 aromatic rings. The van der Waals surface area contributed by atoms with Crippen molar-refractivity contribution in [3.8, 4) is 0 Å². The third-order valence-electron chi connectivity index (χ3n) is 6.39. The van der Waals surface area contributed by atoms with E-state index in [0.717, 1.165) is 15.4 Å². The molecule has 0 radical (unpaired) electrons. The molecule has 0 aliphatic carbocycles. The number of nitrogens with one attached hydrogen (secondary N) is 1. The summed E-state index contributed by atoms with van der Waals surface area (Å²) in [7, 11) is -4.14. The second-order valence-electron chi connectivity index (χ2n) is 9.79. The summed E-state index contributed by atoms with van der Waals surface area (Å²) < 4.78 is 42.6. The summed E-state index contributed by atoms with van der Waals surface area (Å²) >= 11 is 0. The largest absolute Gasteiger partial charge is 0.352 e. The molecule has 0 aliphatic heterocycles. The quantitative estimate of drug-likeness (QED) is 0.368. The minimum Gasteiger partial charge on any atom is -0.352 e. The number of hydrogen-bond donors (Lipinski definition) is 1. The van der Waals surface area contributed by atoms with Crippen LogP contribution in [0.5, 0.6) is 0 Å². The number of carbonyl (C=O) groups excluding carboxylic acids is 2. The third kappa shape index (κ3) is 7.44. The molecule has 39 heavy (non-hydrogen) atoms. The molecule has 3 aromatic carbocycles. The van der Waals surface area contributed by atoms with Gasteiger partial charge in [-0.15, -0.1) is 0 Å². The van der Waals surface area contributed by atoms with E-state index in [1.54, 1.807) is 31.2 Å². The van der Waals surface area contributed by atoms with Gasteiger partial charge in [-0.1, -0.05) is 55.0 Å². The second kappa shape index (κ2) is 12.9. The summed E-state index contributed by atoms with van der Waals surface area (Å²) in [5, 5.41) is 2.81. The number of carbonyl (C=O) groups is 2. The number of sulfonamides is 1. The highest BCUT2D eigenvalue weighted by atomic mass is 32.2. The van der Waals surface area contributed by atoms with Crippen LogP contribution in [0.1, 0.15) is 44.4 Å². The predicted octanol–water partition coefficient (Wildman–Crippen LogP) is 4.83. The molecule has 1 atom stereocenters. The van der Waals surface area contributed by atoms with E-state index in [4.69, 9.17) is 0 Å². The number of nitrogens with zero attached hydrogens (tertiary/aromatic N) is 2. The molecule has 0 aliphatic rings. The molecule has 0 unspecified atom stereocenters. The first-order valence-corrected chi connectivity index (χ1v) is 14.4. The number of halogens is 1. The maximum Gasteiger partial charge on any atom is 0.264 e. The Bertz CT molecular complexity index is 1390. The number of benzene rings is 3. The first-order chi connectivity index (χ1) is 18.4. The minimum absolute atomic E-state index is 0.000358. The van der Waals surface area contributed by atoms with E-state index in [9.17, 15) is 22.4 Å². The van der Waals surface area contributed by atoms with E-state index >= 15 is 0 Å². The van der Waals surface area contributed by atoms with Gasteiger partial charge in [0.05, 0.1) is 10.6 Å². The predicted molar refractivity (Wildman–Crippen MR) is 151 cm³/mol. The van der Waals surface area contributed by atoms with Gasteiger partial charge in [0.25, 0.3) is 10.0 Å². The molecule has 0 spiro atoms. The van der Waals surface area contributed by atoms with Gasteiger partial charge >= 0.3 is 0 Å². The Morgan fingerprint density at radius 1 is 0.923 bits per heavy atom. The fourth-order valence-corrected chi connectivity index (χ4v) is 5.63. The number of anilines is 1. The van der Waals surface area contributed by atoms with Crippen molar-refractivity contribution in [3.05, 3.63) is 95.3 Å². The Balaban J connectivity index is 2.06. The Morgan fingerprint density at radius 3 is 2.13 bits per heavy atom. The molecule has 0 heterocycles. The SMILES string of the molecule is CCc1ccccc1N(CC(=O)N(Cc1ccc(F)cc1)[C@H](C)C(=O)NC(C)C)S(=O)(=O)c1ccc(C)cc1. The topological polar surface area (TPSA) is 86.8 Å². The van der Waals surface area contributed by atoms with Gasteiger partial charge in [-0.05, 0) is 75.6 Å². The molecule has 1 N–H and O–H groups in total. The second-order valence-corrected chi connectivity index (χ2v) is 11.7. The first kappa shape index (κ1) is 29.8. The van der Waals surface area contributed by atoms with E-state index in [2.05, 4.69) is 5.32 Å². The fraction of sp³-hybridized carbons (Fsp3) is 0.333. The van der Waals surface area contributed by atoms with Gasteiger partial charge in [-0.2, -0.15) is 0 Å². The summed E-state index contributed by atoms with van der Waals surface area (Å²) in [6.07, 6.45) is 0.552. The van der Waals surface area contributed by atoms with Gasteiger partial charge in [0.15, 0.2) is 0 Å². The Labute approximate surface area is 230 Å². The molecule has 0 saturated carbocycles. The van der Waals surface area contributed by atoms with Crippen molar-refractivity contribution in [2.75, 3.05) is 10.8 Å². The molecular formula is C30H36FN3O4S. The normalized spacial score (nSPS) is 12.2. The maximum absolute atomic E-state index is 13.9. The van der Waals surface area contributed by atoms with Gasteiger partial charge in [0, 0.05) is 12.6 Å². The van der Waals surface area contributed by atoms with E-state index in [1.165, 1.54) is 41.3 Å². The van der Waals surface area contributed by atoms with E-state index < -0.39 is 34.3 Å². The fourth-order valence-electron chi connectivity index (χ4n) is 4.18. The lowest BCUT2D eigenvalue weighted by atomic mass is 10.1. The van der Waals surface area contributed by atoms with Crippen molar-refractivity contribution < 1.29 is 22.4 Å². The van der Waals surface area contributed by atoms with Crippen molar-refractivity contribution in [1.29, 1.82) is 0 Å². The molecule has 9 heteroatoms. The number of para-hydroxylation sites is 1. The van der Waals surface area contributed by atoms with Crippen molar-refractivity contribution >= 4 is 27.5 Å². The lowest BCUT2D eigenvalue weighted by Gasteiger charge is -2.33. The van der Waals surface area contributed by atoms with Gasteiger partial charge in [-0.3, -0.25) is 13.9 Å². The molecule has 208 valence electrons. The van der Waals surface area contributed by atoms with Crippen LogP contribution in [-0.4, -0.2) is 43.8 Å². The number of hydrogen-bond acceptors (Lipinski definition) is 4.